The summed E-state index contributed by atoms with van der Waals surface area (Å²) in [4.78, 5) is 43.2. The molecule has 1 amide bonds. The van der Waals surface area contributed by atoms with Gasteiger partial charge in [-0.25, -0.2) is 4.79 Å². The van der Waals surface area contributed by atoms with Gasteiger partial charge in [-0.05, 0) is 59.1 Å². The van der Waals surface area contributed by atoms with E-state index in [1.54, 1.807) is 50.6 Å². The van der Waals surface area contributed by atoms with Crippen molar-refractivity contribution in [2.45, 2.75) is 66.2 Å². The maximum Gasteiger partial charge on any atom is 0.330 e. The largest absolute Gasteiger partial charge is 0.484 e. The molecule has 0 aromatic heterocycles. The second-order valence-electron chi connectivity index (χ2n) is 9.12. The number of hydroxylamine groups is 2. The summed E-state index contributed by atoms with van der Waals surface area (Å²) in [5.41, 5.74) is 0.331. The van der Waals surface area contributed by atoms with E-state index in [0.717, 1.165) is 5.56 Å². The Morgan fingerprint density at radius 1 is 1.23 bits per heavy atom. The van der Waals surface area contributed by atoms with Crippen LogP contribution in [-0.4, -0.2) is 52.0 Å². The number of hydrogen-bond donors (Lipinski definition) is 0. The average Bonchev–Trinajstić information content (AvgIpc) is 2.96. The number of fused-ring (bicyclic) bond motifs is 1. The van der Waals surface area contributed by atoms with E-state index < -0.39 is 10.3 Å². The Kier molecular flexibility index (Phi) is 6.03. The molecule has 30 heavy (non-hydrogen) atoms. The first kappa shape index (κ1) is 22.0. The van der Waals surface area contributed by atoms with Crippen molar-refractivity contribution in [2.24, 2.45) is 5.41 Å². The second-order valence-corrected chi connectivity index (χ2v) is 9.12. The molecular weight excluding hydrogens is 390 g/mol. The first-order chi connectivity index (χ1) is 14.0. The predicted octanol–water partition coefficient (Wildman–Crippen LogP) is 3.31. The summed E-state index contributed by atoms with van der Waals surface area (Å²) in [5.74, 6) is -0.294. The van der Waals surface area contributed by atoms with Gasteiger partial charge in [0.25, 0.3) is 5.91 Å². The number of amides is 1. The molecule has 2 aliphatic rings. The van der Waals surface area contributed by atoms with Crippen molar-refractivity contribution >= 4 is 17.6 Å². The van der Waals surface area contributed by atoms with Crippen molar-refractivity contribution in [3.63, 3.8) is 0 Å². The Balaban J connectivity index is 1.70. The van der Waals surface area contributed by atoms with Crippen molar-refractivity contribution in [3.05, 3.63) is 33.4 Å². The van der Waals surface area contributed by atoms with E-state index in [4.69, 9.17) is 9.57 Å². The Hall–Kier alpha value is -2.68. The lowest BCUT2D eigenvalue weighted by Crippen LogP contribution is -2.46. The molecule has 0 aliphatic carbocycles. The third-order valence-corrected chi connectivity index (χ3v) is 5.26. The number of nitro groups is 1. The molecule has 0 radical (unpaired) electrons. The van der Waals surface area contributed by atoms with Gasteiger partial charge in [-0.3, -0.25) is 14.9 Å². The first-order valence-corrected chi connectivity index (χ1v) is 10.2. The van der Waals surface area contributed by atoms with Gasteiger partial charge >= 0.3 is 11.7 Å². The monoisotopic (exact) mass is 419 g/mol. The molecule has 0 N–H and O–H groups in total. The zero-order valence-corrected chi connectivity index (χ0v) is 18.1. The van der Waals surface area contributed by atoms with Crippen LogP contribution in [0.25, 0.3) is 0 Å². The minimum Gasteiger partial charge on any atom is -0.484 e. The first-order valence-electron chi connectivity index (χ1n) is 10.2. The molecule has 9 heteroatoms. The van der Waals surface area contributed by atoms with Crippen LogP contribution in [0.1, 0.15) is 63.4 Å². The van der Waals surface area contributed by atoms with E-state index >= 15 is 0 Å². The van der Waals surface area contributed by atoms with Gasteiger partial charge in [-0.2, -0.15) is 0 Å². The van der Waals surface area contributed by atoms with Gasteiger partial charge in [0, 0.05) is 31.7 Å². The lowest BCUT2D eigenvalue weighted by Gasteiger charge is -2.36. The SMILES string of the molecule is CC(C)Oc1cc2c(cc1[N+](=O)[O-])C(=O)N(C1CCN(OC(=O)C(C)(C)C)CC1)C2. The number of carbonyl (C=O) groups excluding carboxylic acids is 2. The molecule has 2 heterocycles. The summed E-state index contributed by atoms with van der Waals surface area (Å²) in [7, 11) is 0. The third-order valence-electron chi connectivity index (χ3n) is 5.26. The highest BCUT2D eigenvalue weighted by Gasteiger charge is 2.38. The summed E-state index contributed by atoms with van der Waals surface area (Å²) in [5, 5.41) is 13.1. The molecule has 1 fully saturated rings. The van der Waals surface area contributed by atoms with Crippen LogP contribution in [0, 0.1) is 15.5 Å². The average molecular weight is 419 g/mol. The van der Waals surface area contributed by atoms with Crippen LogP contribution in [0.4, 0.5) is 5.69 Å². The van der Waals surface area contributed by atoms with Crippen LogP contribution in [0.15, 0.2) is 12.1 Å². The minimum absolute atomic E-state index is 0.0111. The van der Waals surface area contributed by atoms with E-state index in [1.165, 1.54) is 6.07 Å². The Labute approximate surface area is 176 Å². The van der Waals surface area contributed by atoms with Crippen LogP contribution in [0.3, 0.4) is 0 Å². The van der Waals surface area contributed by atoms with Gasteiger partial charge in [-0.1, -0.05) is 0 Å². The Bertz CT molecular complexity index is 853. The van der Waals surface area contributed by atoms with Crippen molar-refractivity contribution in [1.29, 1.82) is 0 Å². The number of hydrogen-bond acceptors (Lipinski definition) is 7. The van der Waals surface area contributed by atoms with Gasteiger partial charge in [0.2, 0.25) is 0 Å². The fourth-order valence-electron chi connectivity index (χ4n) is 3.64. The number of nitrogens with zero attached hydrogens (tertiary/aromatic N) is 3. The number of rotatable bonds is 5. The molecule has 0 bridgehead atoms. The second kappa shape index (κ2) is 8.22. The topological polar surface area (TPSA) is 102 Å². The van der Waals surface area contributed by atoms with Gasteiger partial charge in [0.15, 0.2) is 5.75 Å². The van der Waals surface area contributed by atoms with Crippen LogP contribution >= 0.6 is 0 Å². The number of nitro benzene ring substituents is 1. The molecule has 9 nitrogen and oxygen atoms in total. The Morgan fingerprint density at radius 3 is 2.40 bits per heavy atom. The van der Waals surface area contributed by atoms with Crippen LogP contribution in [-0.2, 0) is 16.2 Å². The van der Waals surface area contributed by atoms with Gasteiger partial charge in [-0.15, -0.1) is 5.06 Å². The van der Waals surface area contributed by atoms with E-state index in [-0.39, 0.29) is 35.5 Å². The van der Waals surface area contributed by atoms with Gasteiger partial charge < -0.3 is 14.5 Å². The van der Waals surface area contributed by atoms with Crippen LogP contribution < -0.4 is 4.74 Å². The summed E-state index contributed by atoms with van der Waals surface area (Å²) in [6, 6.07) is 2.93. The van der Waals surface area contributed by atoms with E-state index in [1.807, 2.05) is 0 Å². The molecule has 1 aromatic carbocycles. The number of benzene rings is 1. The fourth-order valence-corrected chi connectivity index (χ4v) is 3.64. The molecule has 3 rings (SSSR count). The molecule has 1 aromatic rings. The van der Waals surface area contributed by atoms with Crippen molar-refractivity contribution < 1.29 is 24.1 Å². The number of piperidine rings is 1. The predicted molar refractivity (Wildman–Crippen MR) is 109 cm³/mol. The smallest absolute Gasteiger partial charge is 0.330 e. The zero-order chi connectivity index (χ0) is 22.2. The summed E-state index contributed by atoms with van der Waals surface area (Å²) < 4.78 is 5.60. The standard InChI is InChI=1S/C21H29N3O6/c1-13(2)29-18-10-14-12-23(19(25)16(14)11-17(18)24(27)28)15-6-8-22(9-7-15)30-20(26)21(3,4)5/h10-11,13,15H,6-9,12H2,1-5H3. The van der Waals surface area contributed by atoms with Gasteiger partial charge in [0.05, 0.1) is 22.0 Å². The zero-order valence-electron chi connectivity index (χ0n) is 18.1. The van der Waals surface area contributed by atoms with E-state index in [2.05, 4.69) is 0 Å². The highest BCUT2D eigenvalue weighted by Crippen LogP contribution is 2.37. The summed E-state index contributed by atoms with van der Waals surface area (Å²) in [6.45, 7) is 10.5. The highest BCUT2D eigenvalue weighted by molar-refractivity contribution is 5.99. The third kappa shape index (κ3) is 4.56. The number of ether oxygens (including phenoxy) is 1. The highest BCUT2D eigenvalue weighted by atomic mass is 16.7. The molecule has 2 aliphatic heterocycles. The summed E-state index contributed by atoms with van der Waals surface area (Å²) >= 11 is 0. The number of carbonyl (C=O) groups is 2. The molecule has 164 valence electrons. The lowest BCUT2D eigenvalue weighted by molar-refractivity contribution is -0.386. The Morgan fingerprint density at radius 2 is 1.87 bits per heavy atom. The van der Waals surface area contributed by atoms with Gasteiger partial charge in [0.1, 0.15) is 0 Å². The fraction of sp³-hybridized carbons (Fsp3) is 0.619. The minimum atomic E-state index is -0.576. The summed E-state index contributed by atoms with van der Waals surface area (Å²) in [6.07, 6.45) is 1.11. The quantitative estimate of drug-likeness (QED) is 0.533. The van der Waals surface area contributed by atoms with Crippen molar-refractivity contribution in [3.8, 4) is 5.75 Å². The lowest BCUT2D eigenvalue weighted by atomic mass is 9.98. The molecule has 0 unspecified atom stereocenters. The molecular formula is C21H29N3O6. The normalized spacial score (nSPS) is 17.9. The maximum absolute atomic E-state index is 13.0. The maximum atomic E-state index is 13.0. The van der Waals surface area contributed by atoms with Crippen molar-refractivity contribution in [1.82, 2.24) is 9.96 Å². The van der Waals surface area contributed by atoms with E-state index in [0.29, 0.717) is 38.0 Å². The van der Waals surface area contributed by atoms with E-state index in [9.17, 15) is 19.7 Å². The molecule has 0 saturated carbocycles. The van der Waals surface area contributed by atoms with Crippen LogP contribution in [0.5, 0.6) is 5.75 Å². The van der Waals surface area contributed by atoms with Crippen LogP contribution in [0.2, 0.25) is 0 Å². The molecule has 0 atom stereocenters. The molecule has 1 saturated heterocycles. The molecule has 0 spiro atoms. The van der Waals surface area contributed by atoms with Crippen molar-refractivity contribution in [2.75, 3.05) is 13.1 Å².